The van der Waals surface area contributed by atoms with Gasteiger partial charge in [0.2, 0.25) is 11.8 Å². The fourth-order valence-electron chi connectivity index (χ4n) is 3.83. The Kier molecular flexibility index (Phi) is 8.16. The van der Waals surface area contributed by atoms with Gasteiger partial charge in [0.05, 0.1) is 12.6 Å². The number of rotatable bonds is 6. The van der Waals surface area contributed by atoms with E-state index in [-0.39, 0.29) is 24.3 Å². The first-order valence-electron chi connectivity index (χ1n) is 10.0. The largest absolute Gasteiger partial charge is 0.346 e. The Morgan fingerprint density at radius 3 is 2.44 bits per heavy atom. The van der Waals surface area contributed by atoms with Gasteiger partial charge in [0, 0.05) is 26.2 Å². The molecule has 0 bridgehead atoms. The minimum atomic E-state index is -0.553. The van der Waals surface area contributed by atoms with Gasteiger partial charge in [-0.2, -0.15) is 0 Å². The van der Waals surface area contributed by atoms with E-state index in [1.165, 1.54) is 38.6 Å². The molecule has 0 radical (unpaired) electrons. The highest BCUT2D eigenvalue weighted by Gasteiger charge is 2.23. The lowest BCUT2D eigenvalue weighted by atomic mass is 9.89. The molecule has 6 nitrogen and oxygen atoms in total. The lowest BCUT2D eigenvalue weighted by Gasteiger charge is -2.28. The zero-order valence-corrected chi connectivity index (χ0v) is 16.0. The summed E-state index contributed by atoms with van der Waals surface area (Å²) in [7, 11) is 0. The second kappa shape index (κ2) is 10.1. The molecule has 0 unspecified atom stereocenters. The van der Waals surface area contributed by atoms with E-state index in [2.05, 4.69) is 10.2 Å². The van der Waals surface area contributed by atoms with Crippen molar-refractivity contribution in [2.24, 2.45) is 17.6 Å². The summed E-state index contributed by atoms with van der Waals surface area (Å²) in [6.07, 6.45) is 7.88. The van der Waals surface area contributed by atoms with Gasteiger partial charge in [-0.25, -0.2) is 0 Å². The molecule has 2 amide bonds. The maximum absolute atomic E-state index is 12.4. The van der Waals surface area contributed by atoms with E-state index in [0.29, 0.717) is 0 Å². The van der Waals surface area contributed by atoms with Crippen LogP contribution in [-0.2, 0) is 9.59 Å². The third-order valence-electron chi connectivity index (χ3n) is 5.62. The van der Waals surface area contributed by atoms with Gasteiger partial charge in [-0.05, 0) is 37.6 Å². The van der Waals surface area contributed by atoms with Gasteiger partial charge in [0.15, 0.2) is 0 Å². The molecular weight excluding hydrogens is 316 g/mol. The van der Waals surface area contributed by atoms with Crippen LogP contribution in [0.25, 0.3) is 0 Å². The molecule has 1 aliphatic heterocycles. The van der Waals surface area contributed by atoms with Gasteiger partial charge in [0.25, 0.3) is 0 Å². The zero-order valence-electron chi connectivity index (χ0n) is 16.0. The predicted molar refractivity (Wildman–Crippen MR) is 100 cm³/mol. The first-order valence-corrected chi connectivity index (χ1v) is 10.0. The van der Waals surface area contributed by atoms with Crippen LogP contribution in [0, 0.1) is 11.8 Å². The van der Waals surface area contributed by atoms with Crippen LogP contribution in [0.4, 0.5) is 0 Å². The van der Waals surface area contributed by atoms with Crippen molar-refractivity contribution in [3.63, 3.8) is 0 Å². The number of nitrogens with zero attached hydrogens (tertiary/aromatic N) is 2. The van der Waals surface area contributed by atoms with Crippen molar-refractivity contribution in [2.45, 2.75) is 58.4 Å². The first kappa shape index (κ1) is 20.2. The standard InChI is InChI=1S/C19H36N4O2/c1-15(2)18(20)19(25)21-13-17(24)23-10-6-9-22(11-12-23)14-16-7-4-3-5-8-16/h15-16,18H,3-14,20H2,1-2H3,(H,21,25)/t18-/m0/s1. The average Bonchev–Trinajstić information content (AvgIpc) is 2.85. The molecule has 1 aliphatic carbocycles. The van der Waals surface area contributed by atoms with Crippen molar-refractivity contribution in [3.8, 4) is 0 Å². The summed E-state index contributed by atoms with van der Waals surface area (Å²) in [6.45, 7) is 8.61. The quantitative estimate of drug-likeness (QED) is 0.753. The highest BCUT2D eigenvalue weighted by atomic mass is 16.2. The molecule has 2 aliphatic rings. The maximum atomic E-state index is 12.4. The SMILES string of the molecule is CC(C)[C@H](N)C(=O)NCC(=O)N1CCCN(CC2CCCCC2)CC1. The topological polar surface area (TPSA) is 78.7 Å². The van der Waals surface area contributed by atoms with Crippen molar-refractivity contribution >= 4 is 11.8 Å². The Morgan fingerprint density at radius 2 is 1.76 bits per heavy atom. The minimum Gasteiger partial charge on any atom is -0.346 e. The summed E-state index contributed by atoms with van der Waals surface area (Å²) < 4.78 is 0. The molecule has 1 heterocycles. The van der Waals surface area contributed by atoms with E-state index in [4.69, 9.17) is 5.73 Å². The smallest absolute Gasteiger partial charge is 0.242 e. The van der Waals surface area contributed by atoms with Crippen molar-refractivity contribution in [1.82, 2.24) is 15.1 Å². The second-order valence-corrected chi connectivity index (χ2v) is 8.03. The minimum absolute atomic E-state index is 0.00354. The Labute approximate surface area is 152 Å². The normalized spacial score (nSPS) is 21.8. The zero-order chi connectivity index (χ0) is 18.2. The number of amides is 2. The van der Waals surface area contributed by atoms with Gasteiger partial charge < -0.3 is 20.9 Å². The van der Waals surface area contributed by atoms with E-state index in [1.807, 2.05) is 18.7 Å². The molecule has 25 heavy (non-hydrogen) atoms. The van der Waals surface area contributed by atoms with Gasteiger partial charge in [-0.1, -0.05) is 33.1 Å². The summed E-state index contributed by atoms with van der Waals surface area (Å²) in [6, 6.07) is -0.553. The summed E-state index contributed by atoms with van der Waals surface area (Å²) in [5.74, 6) is 0.676. The summed E-state index contributed by atoms with van der Waals surface area (Å²) in [5, 5.41) is 2.69. The first-order chi connectivity index (χ1) is 12.0. The monoisotopic (exact) mass is 352 g/mol. The number of carbonyl (C=O) groups excluding carboxylic acids is 2. The van der Waals surface area contributed by atoms with Crippen molar-refractivity contribution < 1.29 is 9.59 Å². The fourth-order valence-corrected chi connectivity index (χ4v) is 3.83. The van der Waals surface area contributed by atoms with Crippen LogP contribution in [0.2, 0.25) is 0 Å². The van der Waals surface area contributed by atoms with E-state index >= 15 is 0 Å². The fraction of sp³-hybridized carbons (Fsp3) is 0.895. The highest BCUT2D eigenvalue weighted by Crippen LogP contribution is 2.24. The van der Waals surface area contributed by atoms with Crippen LogP contribution in [0.15, 0.2) is 0 Å². The molecule has 3 N–H and O–H groups in total. The molecule has 1 saturated carbocycles. The lowest BCUT2D eigenvalue weighted by Crippen LogP contribution is -2.48. The number of carbonyl (C=O) groups is 2. The number of hydrogen-bond acceptors (Lipinski definition) is 4. The average molecular weight is 353 g/mol. The summed E-state index contributed by atoms with van der Waals surface area (Å²) in [4.78, 5) is 28.7. The van der Waals surface area contributed by atoms with Gasteiger partial charge in [0.1, 0.15) is 0 Å². The highest BCUT2D eigenvalue weighted by molar-refractivity contribution is 5.87. The molecule has 2 fully saturated rings. The van der Waals surface area contributed by atoms with Crippen LogP contribution in [-0.4, -0.2) is 66.9 Å². The summed E-state index contributed by atoms with van der Waals surface area (Å²) >= 11 is 0. The van der Waals surface area contributed by atoms with Crippen LogP contribution in [0.1, 0.15) is 52.4 Å². The summed E-state index contributed by atoms with van der Waals surface area (Å²) in [5.41, 5.74) is 5.81. The third-order valence-corrected chi connectivity index (χ3v) is 5.62. The maximum Gasteiger partial charge on any atom is 0.242 e. The third kappa shape index (κ3) is 6.59. The molecule has 0 spiro atoms. The Morgan fingerprint density at radius 1 is 1.04 bits per heavy atom. The number of hydrogen-bond donors (Lipinski definition) is 2. The van der Waals surface area contributed by atoms with E-state index in [9.17, 15) is 9.59 Å². The molecule has 0 aromatic heterocycles. The van der Waals surface area contributed by atoms with E-state index in [0.717, 1.165) is 38.5 Å². The Balaban J connectivity index is 1.72. The van der Waals surface area contributed by atoms with Crippen LogP contribution in [0.3, 0.4) is 0 Å². The Hall–Kier alpha value is -1.14. The molecule has 144 valence electrons. The van der Waals surface area contributed by atoms with Crippen molar-refractivity contribution in [2.75, 3.05) is 39.3 Å². The predicted octanol–water partition coefficient (Wildman–Crippen LogP) is 1.20. The molecule has 0 aromatic carbocycles. The molecule has 6 heteroatoms. The van der Waals surface area contributed by atoms with Crippen LogP contribution in [0.5, 0.6) is 0 Å². The van der Waals surface area contributed by atoms with E-state index < -0.39 is 6.04 Å². The van der Waals surface area contributed by atoms with Gasteiger partial charge in [-0.15, -0.1) is 0 Å². The molecule has 1 atom stereocenters. The molecule has 2 rings (SSSR count). The lowest BCUT2D eigenvalue weighted by molar-refractivity contribution is -0.133. The van der Waals surface area contributed by atoms with Gasteiger partial charge in [-0.3, -0.25) is 9.59 Å². The molecule has 0 aromatic rings. The van der Waals surface area contributed by atoms with Crippen LogP contribution < -0.4 is 11.1 Å². The second-order valence-electron chi connectivity index (χ2n) is 8.03. The Bertz CT molecular complexity index is 435. The molecule has 1 saturated heterocycles. The van der Waals surface area contributed by atoms with E-state index in [1.54, 1.807) is 0 Å². The number of nitrogens with two attached hydrogens (primary N) is 1. The van der Waals surface area contributed by atoms with Gasteiger partial charge >= 0.3 is 0 Å². The molecular formula is C19H36N4O2. The van der Waals surface area contributed by atoms with Crippen molar-refractivity contribution in [3.05, 3.63) is 0 Å². The number of nitrogens with one attached hydrogen (secondary N) is 1. The van der Waals surface area contributed by atoms with Crippen molar-refractivity contribution in [1.29, 1.82) is 0 Å². The van der Waals surface area contributed by atoms with Crippen LogP contribution >= 0.6 is 0 Å².